The minimum Gasteiger partial charge on any atom is -0.549 e. The number of esters is 1. The second kappa shape index (κ2) is 29.5. The van der Waals surface area contributed by atoms with Gasteiger partial charge in [-0.1, -0.05) is 13.8 Å². The summed E-state index contributed by atoms with van der Waals surface area (Å²) >= 11 is 0. The molecule has 1 unspecified atom stereocenters. The summed E-state index contributed by atoms with van der Waals surface area (Å²) in [5.74, 6) is -15.5. The van der Waals surface area contributed by atoms with Crippen molar-refractivity contribution in [2.75, 3.05) is 79.1 Å². The summed E-state index contributed by atoms with van der Waals surface area (Å²) in [6.45, 7) is 0.0248. The number of nitrogens with one attached hydrogen (secondary N) is 4. The Bertz CT molecular complexity index is 1610. The van der Waals surface area contributed by atoms with Crippen molar-refractivity contribution in [3.8, 4) is 0 Å². The van der Waals surface area contributed by atoms with Crippen LogP contribution >= 0.6 is 0 Å². The number of rotatable bonds is 24. The topological polar surface area (TPSA) is 414 Å². The van der Waals surface area contributed by atoms with Gasteiger partial charge in [0.25, 0.3) is 0 Å². The maximum atomic E-state index is 13.8. The maximum absolute atomic E-state index is 13.8. The molecule has 9 N–H and O–H groups in total. The Hall–Kier alpha value is -4.80. The zero-order chi connectivity index (χ0) is 47.3. The number of ether oxygens (including phenoxy) is 1. The van der Waals surface area contributed by atoms with E-state index in [1.807, 2.05) is 0 Å². The van der Waals surface area contributed by atoms with E-state index in [-0.39, 0.29) is 89.2 Å². The Labute approximate surface area is 390 Å². The summed E-state index contributed by atoms with van der Waals surface area (Å²) in [5, 5.41) is 71.4. The predicted octanol–water partition coefficient (Wildman–Crippen LogP) is -9.68. The molecule has 0 aromatic heterocycles. The molecule has 63 heavy (non-hydrogen) atoms. The van der Waals surface area contributed by atoms with Gasteiger partial charge in [0.2, 0.25) is 23.6 Å². The third-order valence-corrected chi connectivity index (χ3v) is 9.27. The molecule has 1 saturated heterocycles. The largest absolute Gasteiger partial charge is 3.00 e. The number of carboxylic acids is 6. The normalized spacial score (nSPS) is 17.0. The third-order valence-electron chi connectivity index (χ3n) is 9.27. The Morgan fingerprint density at radius 3 is 1.38 bits per heavy atom. The van der Waals surface area contributed by atoms with Gasteiger partial charge in [-0.2, -0.15) is 0 Å². The van der Waals surface area contributed by atoms with Crippen molar-refractivity contribution in [2.24, 2.45) is 11.7 Å². The zero-order valence-corrected chi connectivity index (χ0v) is 36.5. The molecule has 0 bridgehead atoms. The number of amides is 4. The fourth-order valence-electron chi connectivity index (χ4n) is 6.01. The molecule has 27 nitrogen and oxygen atoms in total. The summed E-state index contributed by atoms with van der Waals surface area (Å²) in [7, 11) is 0.951. The number of hydrogen-bond donors (Lipinski definition) is 8. The van der Waals surface area contributed by atoms with Gasteiger partial charge < -0.3 is 76.8 Å². The second-order valence-corrected chi connectivity index (χ2v) is 14.5. The quantitative estimate of drug-likeness (QED) is 0.0416. The van der Waals surface area contributed by atoms with Gasteiger partial charge in [0.15, 0.2) is 6.17 Å². The van der Waals surface area contributed by atoms with Gasteiger partial charge in [0.05, 0.1) is 43.9 Å². The first-order valence-corrected chi connectivity index (χ1v) is 19.1. The number of methoxy groups -OCH3 is 1. The molecule has 1 fully saturated rings. The molecule has 5 atom stereocenters. The molecule has 0 saturated carbocycles. The number of carboxylic acid groups (broad SMARTS) is 6. The number of nitrogens with zero attached hydrogens (tertiary/aromatic N) is 4. The van der Waals surface area contributed by atoms with E-state index in [1.165, 1.54) is 33.4 Å². The van der Waals surface area contributed by atoms with Crippen LogP contribution in [0, 0.1) is 42.8 Å². The third kappa shape index (κ3) is 23.5. The van der Waals surface area contributed by atoms with Crippen LogP contribution in [0.4, 0.5) is 0 Å². The molecular formula is C35H54N9O18Tm. The first-order valence-electron chi connectivity index (χ1n) is 19.1. The fraction of sp³-hybridized carbons (Fsp3) is 0.686. The molecule has 0 aromatic carbocycles. The molecular weight excluding hydrogens is 1000 g/mol. The van der Waals surface area contributed by atoms with Gasteiger partial charge in [-0.25, -0.2) is 4.79 Å². The van der Waals surface area contributed by atoms with Gasteiger partial charge in [0, 0.05) is 78.4 Å². The van der Waals surface area contributed by atoms with Crippen LogP contribution in [0.2, 0.25) is 0 Å². The summed E-state index contributed by atoms with van der Waals surface area (Å²) in [6, 6.07) is -6.84. The van der Waals surface area contributed by atoms with Crippen LogP contribution in [0.5, 0.6) is 0 Å². The monoisotopic (exact) mass is 1060 g/mol. The molecule has 1 aliphatic heterocycles. The molecule has 0 aromatic rings. The molecule has 1 heterocycles. The van der Waals surface area contributed by atoms with E-state index in [1.54, 1.807) is 0 Å². The van der Waals surface area contributed by atoms with Gasteiger partial charge in [-0.3, -0.25) is 53.2 Å². The molecule has 0 spiro atoms. The Morgan fingerprint density at radius 2 is 1.00 bits per heavy atom. The van der Waals surface area contributed by atoms with Crippen LogP contribution in [-0.2, 0) is 57.5 Å². The molecule has 1 aliphatic rings. The summed E-state index contributed by atoms with van der Waals surface area (Å²) in [5.41, 5.74) is 5.56. The Kier molecular flexibility index (Phi) is 27.3. The van der Waals surface area contributed by atoms with Crippen molar-refractivity contribution in [3.63, 3.8) is 0 Å². The molecule has 28 heteroatoms. The molecule has 360 valence electrons. The zero-order valence-electron chi connectivity index (χ0n) is 34.7. The van der Waals surface area contributed by atoms with Crippen LogP contribution in [0.25, 0.3) is 0 Å². The van der Waals surface area contributed by atoms with Gasteiger partial charge in [0.1, 0.15) is 18.1 Å². The smallest absolute Gasteiger partial charge is 0.549 e. The van der Waals surface area contributed by atoms with Gasteiger partial charge in [-0.15, -0.1) is 0 Å². The molecule has 4 amide bonds. The van der Waals surface area contributed by atoms with Crippen molar-refractivity contribution in [2.45, 2.75) is 69.9 Å². The number of carbonyl (C=O) groups is 11. The SMILES string of the molecule is COC(=O)C(NC(=O)[C@H](CC(=O)O)NC(=O)[C@@H](NC(=O)[C@H](CCC(=O)O)NC(=O)[C@@H](N)CC(=O)O)C(C)C)N1CCN(CC(=O)[O-])CCN(CC(=O)[O-])CCN(CC(=O)[O-])CC1.[Tm+3]. The number of aliphatic carboxylic acids is 6. The van der Waals surface area contributed by atoms with Crippen molar-refractivity contribution in [1.29, 1.82) is 0 Å². The predicted molar refractivity (Wildman–Crippen MR) is 200 cm³/mol. The van der Waals surface area contributed by atoms with E-state index in [2.05, 4.69) is 21.3 Å². The van der Waals surface area contributed by atoms with E-state index < -0.39 is 147 Å². The van der Waals surface area contributed by atoms with Crippen LogP contribution in [-0.4, -0.2) is 210 Å². The maximum Gasteiger partial charge on any atom is 3.00 e. The minimum atomic E-state index is -1.96. The van der Waals surface area contributed by atoms with E-state index in [0.29, 0.717) is 0 Å². The van der Waals surface area contributed by atoms with E-state index >= 15 is 0 Å². The van der Waals surface area contributed by atoms with E-state index in [4.69, 9.17) is 15.6 Å². The second-order valence-electron chi connectivity index (χ2n) is 14.5. The molecule has 1 rings (SSSR count). The van der Waals surface area contributed by atoms with E-state index in [9.17, 15) is 78.3 Å². The summed E-state index contributed by atoms with van der Waals surface area (Å²) in [6.07, 6.45) is -4.92. The summed E-state index contributed by atoms with van der Waals surface area (Å²) in [4.78, 5) is 141. The van der Waals surface area contributed by atoms with Crippen molar-refractivity contribution < 1.29 is 125 Å². The summed E-state index contributed by atoms with van der Waals surface area (Å²) < 4.78 is 4.89. The van der Waals surface area contributed by atoms with E-state index in [0.717, 1.165) is 7.11 Å². The minimum absolute atomic E-state index is 0. The average molecular weight is 1060 g/mol. The standard InChI is InChI=1S/C35H57N9O18.Tm/c1-19(2)29(39-32(58)21(4-5-23(45)46)37-31(57)20(36)14-24(47)48)34(60)38-22(15-25(49)50)33(59)40-30(35(61)62-3)44-12-10-42(17-27(53)54)8-6-41(16-26(51)52)7-9-43(11-13-44)18-28(55)56;/h19-22,29-30H,4-18,36H2,1-3H3,(H,37,57)(H,38,60)(H,39,58)(H,40,59)(H,45,46)(H,47,48)(H,49,50)(H,51,52)(H,53,54)(H,55,56);/q;+3/p-3/t20-,21-,22-,29-,30?;/m0./s1. The number of nitrogens with two attached hydrogens (primary N) is 1. The average Bonchev–Trinajstić information content (AvgIpc) is 3.15. The van der Waals surface area contributed by atoms with Crippen LogP contribution in [0.15, 0.2) is 0 Å². The van der Waals surface area contributed by atoms with Crippen LogP contribution < -0.4 is 42.3 Å². The number of carbonyl (C=O) groups excluding carboxylic acids is 8. The van der Waals surface area contributed by atoms with Crippen LogP contribution in [0.3, 0.4) is 0 Å². The van der Waals surface area contributed by atoms with Gasteiger partial charge >= 0.3 is 60.8 Å². The number of hydrogen-bond acceptors (Lipinski definition) is 20. The first kappa shape index (κ1) is 58.2. The molecule has 0 aliphatic carbocycles. The Morgan fingerprint density at radius 1 is 0.587 bits per heavy atom. The molecule has 0 radical (unpaired) electrons. The fourth-order valence-corrected chi connectivity index (χ4v) is 6.01. The van der Waals surface area contributed by atoms with Crippen molar-refractivity contribution >= 4 is 65.4 Å². The van der Waals surface area contributed by atoms with Crippen molar-refractivity contribution in [1.82, 2.24) is 40.9 Å². The first-order chi connectivity index (χ1) is 28.9. The van der Waals surface area contributed by atoms with Crippen molar-refractivity contribution in [3.05, 3.63) is 0 Å². The van der Waals surface area contributed by atoms with Gasteiger partial charge in [-0.05, 0) is 12.3 Å². The van der Waals surface area contributed by atoms with Crippen LogP contribution in [0.1, 0.15) is 39.5 Å². The Balaban J connectivity index is 0.0000384.